The lowest BCUT2D eigenvalue weighted by molar-refractivity contribution is -0.112. The molecular formula is C18H28O2S. The Balaban J connectivity index is 2.40. The molecule has 0 amide bonds. The fraction of sp³-hybridized carbons (Fsp3) is 0.611. The van der Waals surface area contributed by atoms with Gasteiger partial charge in [-0.25, -0.2) is 0 Å². The van der Waals surface area contributed by atoms with Crippen LogP contribution in [0.1, 0.15) is 58.4 Å². The van der Waals surface area contributed by atoms with Gasteiger partial charge in [0, 0.05) is 11.2 Å². The first kappa shape index (κ1) is 18.2. The van der Waals surface area contributed by atoms with Crippen LogP contribution >= 0.6 is 11.8 Å². The van der Waals surface area contributed by atoms with Crippen LogP contribution in [-0.2, 0) is 11.2 Å². The average Bonchev–Trinajstić information content (AvgIpc) is 2.52. The van der Waals surface area contributed by atoms with Crippen LogP contribution in [0.15, 0.2) is 30.3 Å². The fourth-order valence-electron chi connectivity index (χ4n) is 2.52. The van der Waals surface area contributed by atoms with E-state index in [-0.39, 0.29) is 16.3 Å². The summed E-state index contributed by atoms with van der Waals surface area (Å²) in [4.78, 5) is 12.2. The van der Waals surface area contributed by atoms with Crippen LogP contribution in [0.5, 0.6) is 0 Å². The minimum absolute atomic E-state index is 0.0518. The smallest absolute Gasteiger partial charge is 0.192 e. The van der Waals surface area contributed by atoms with Gasteiger partial charge in [0.25, 0.3) is 0 Å². The van der Waals surface area contributed by atoms with Crippen LogP contribution in [0.3, 0.4) is 0 Å². The van der Waals surface area contributed by atoms with Crippen molar-refractivity contribution in [2.45, 2.75) is 70.1 Å². The first-order valence-corrected chi connectivity index (χ1v) is 8.80. The molecule has 1 aromatic rings. The Bertz CT molecular complexity index is 404. The molecule has 0 unspecified atom stereocenters. The van der Waals surface area contributed by atoms with Gasteiger partial charge in [0.2, 0.25) is 0 Å². The molecule has 1 rings (SSSR count). The van der Waals surface area contributed by atoms with Crippen molar-refractivity contribution in [1.82, 2.24) is 0 Å². The Hall–Kier alpha value is -0.800. The molecule has 0 spiro atoms. The zero-order chi connectivity index (χ0) is 15.7. The van der Waals surface area contributed by atoms with Gasteiger partial charge in [0.1, 0.15) is 0 Å². The predicted octanol–water partition coefficient (Wildman–Crippen LogP) is 4.60. The van der Waals surface area contributed by atoms with Crippen LogP contribution in [0, 0.1) is 0 Å². The highest BCUT2D eigenvalue weighted by molar-refractivity contribution is 8.14. The van der Waals surface area contributed by atoms with Crippen LogP contribution < -0.4 is 0 Å². The number of benzene rings is 1. The number of aryl methyl sites for hydroxylation is 1. The van der Waals surface area contributed by atoms with Gasteiger partial charge in [-0.2, -0.15) is 0 Å². The maximum atomic E-state index is 12.2. The molecule has 0 aliphatic rings. The number of hydrogen-bond acceptors (Lipinski definition) is 3. The van der Waals surface area contributed by atoms with Crippen molar-refractivity contribution < 1.29 is 9.90 Å². The third kappa shape index (κ3) is 6.23. The summed E-state index contributed by atoms with van der Waals surface area (Å²) in [5, 5.41) is 10.2. The highest BCUT2D eigenvalue weighted by Gasteiger charge is 2.28. The summed E-state index contributed by atoms with van der Waals surface area (Å²) in [6.07, 6.45) is 4.19. The van der Waals surface area contributed by atoms with Gasteiger partial charge in [0.05, 0.1) is 6.10 Å². The molecule has 1 aromatic carbocycles. The largest absolute Gasteiger partial charge is 0.393 e. The van der Waals surface area contributed by atoms with Gasteiger partial charge < -0.3 is 5.11 Å². The fourth-order valence-corrected chi connectivity index (χ4v) is 3.71. The van der Waals surface area contributed by atoms with Gasteiger partial charge in [-0.3, -0.25) is 4.79 Å². The molecule has 21 heavy (non-hydrogen) atoms. The van der Waals surface area contributed by atoms with E-state index in [0.29, 0.717) is 6.42 Å². The Labute approximate surface area is 133 Å². The maximum Gasteiger partial charge on any atom is 0.192 e. The Morgan fingerprint density at radius 2 is 1.71 bits per heavy atom. The van der Waals surface area contributed by atoms with Crippen molar-refractivity contribution in [3.8, 4) is 0 Å². The topological polar surface area (TPSA) is 37.3 Å². The summed E-state index contributed by atoms with van der Waals surface area (Å²) in [5.74, 6) is 0. The van der Waals surface area contributed by atoms with Gasteiger partial charge >= 0.3 is 0 Å². The van der Waals surface area contributed by atoms with Crippen LogP contribution in [0.2, 0.25) is 0 Å². The molecule has 0 aromatic heterocycles. The summed E-state index contributed by atoms with van der Waals surface area (Å²) >= 11 is 1.44. The molecule has 1 atom stereocenters. The predicted molar refractivity (Wildman–Crippen MR) is 91.6 cm³/mol. The van der Waals surface area contributed by atoms with Crippen LogP contribution in [0.25, 0.3) is 0 Å². The van der Waals surface area contributed by atoms with Crippen molar-refractivity contribution in [3.63, 3.8) is 0 Å². The van der Waals surface area contributed by atoms with E-state index in [1.165, 1.54) is 17.3 Å². The molecule has 118 valence electrons. The van der Waals surface area contributed by atoms with E-state index >= 15 is 0 Å². The molecule has 3 heteroatoms. The number of thioether (sulfide) groups is 1. The van der Waals surface area contributed by atoms with E-state index in [0.717, 1.165) is 25.7 Å². The van der Waals surface area contributed by atoms with Crippen molar-refractivity contribution in [2.24, 2.45) is 0 Å². The molecule has 0 aliphatic heterocycles. The normalized spacial score (nSPS) is 13.1. The van der Waals surface area contributed by atoms with Gasteiger partial charge in [0.15, 0.2) is 5.12 Å². The SMILES string of the molecule is CCC(CC)(CC)SC(=O)C[C@@H](O)CCc1ccccc1. The highest BCUT2D eigenvalue weighted by atomic mass is 32.2. The highest BCUT2D eigenvalue weighted by Crippen LogP contribution is 2.37. The number of aliphatic hydroxyl groups excluding tert-OH is 1. The standard InChI is InChI=1S/C18H28O2S/c1-4-18(5-2,6-3)21-17(20)14-16(19)13-12-15-10-8-7-9-11-15/h7-11,16,19H,4-6,12-14H2,1-3H3/t16-/m0/s1. The molecular weight excluding hydrogens is 280 g/mol. The molecule has 0 saturated heterocycles. The van der Waals surface area contributed by atoms with E-state index in [4.69, 9.17) is 0 Å². The van der Waals surface area contributed by atoms with Crippen LogP contribution in [0.4, 0.5) is 0 Å². The molecule has 2 nitrogen and oxygen atoms in total. The molecule has 1 N–H and O–H groups in total. The van der Waals surface area contributed by atoms with Crippen molar-refractivity contribution in [2.75, 3.05) is 0 Å². The van der Waals surface area contributed by atoms with Gasteiger partial charge in [-0.1, -0.05) is 62.9 Å². The third-order valence-electron chi connectivity index (χ3n) is 4.27. The number of carbonyl (C=O) groups is 1. The lowest BCUT2D eigenvalue weighted by Gasteiger charge is -2.29. The Morgan fingerprint density at radius 1 is 1.14 bits per heavy atom. The quantitative estimate of drug-likeness (QED) is 0.724. The number of rotatable bonds is 9. The van der Waals surface area contributed by atoms with E-state index in [9.17, 15) is 9.90 Å². The summed E-state index contributed by atoms with van der Waals surface area (Å²) in [6.45, 7) is 6.41. The molecule has 0 saturated carbocycles. The first-order valence-electron chi connectivity index (χ1n) is 7.99. The summed E-state index contributed by atoms with van der Waals surface area (Å²) in [6, 6.07) is 10.1. The second-order valence-electron chi connectivity index (χ2n) is 5.60. The second kappa shape index (κ2) is 9.26. The molecule has 0 bridgehead atoms. The minimum atomic E-state index is -0.534. The number of carbonyl (C=O) groups excluding carboxylic acids is 1. The maximum absolute atomic E-state index is 12.2. The summed E-state index contributed by atoms with van der Waals surface area (Å²) in [5.41, 5.74) is 1.21. The first-order chi connectivity index (χ1) is 10.0. The average molecular weight is 308 g/mol. The molecule has 0 heterocycles. The monoisotopic (exact) mass is 308 g/mol. The summed E-state index contributed by atoms with van der Waals surface area (Å²) in [7, 11) is 0. The van der Waals surface area contributed by atoms with Crippen molar-refractivity contribution >= 4 is 16.9 Å². The Kier molecular flexibility index (Phi) is 8.05. The van der Waals surface area contributed by atoms with Crippen molar-refractivity contribution in [3.05, 3.63) is 35.9 Å². The van der Waals surface area contributed by atoms with Crippen LogP contribution in [-0.4, -0.2) is 21.1 Å². The zero-order valence-corrected chi connectivity index (χ0v) is 14.3. The lowest BCUT2D eigenvalue weighted by Crippen LogP contribution is -2.25. The van der Waals surface area contributed by atoms with Crippen molar-refractivity contribution in [1.29, 1.82) is 0 Å². The minimum Gasteiger partial charge on any atom is -0.393 e. The second-order valence-corrected chi connectivity index (χ2v) is 7.13. The third-order valence-corrected chi connectivity index (χ3v) is 5.97. The van der Waals surface area contributed by atoms with Gasteiger partial charge in [-0.15, -0.1) is 0 Å². The van der Waals surface area contributed by atoms with E-state index < -0.39 is 6.10 Å². The Morgan fingerprint density at radius 3 is 2.24 bits per heavy atom. The molecule has 0 radical (unpaired) electrons. The van der Waals surface area contributed by atoms with E-state index in [1.54, 1.807) is 0 Å². The zero-order valence-electron chi connectivity index (χ0n) is 13.5. The number of aliphatic hydroxyl groups is 1. The van der Waals surface area contributed by atoms with Gasteiger partial charge in [-0.05, 0) is 37.7 Å². The van der Waals surface area contributed by atoms with E-state index in [1.807, 2.05) is 18.2 Å². The number of hydrogen-bond donors (Lipinski definition) is 1. The molecule has 0 aliphatic carbocycles. The summed E-state index contributed by atoms with van der Waals surface area (Å²) < 4.78 is 0.0518. The molecule has 0 fully saturated rings. The van der Waals surface area contributed by atoms with E-state index in [2.05, 4.69) is 32.9 Å². The lowest BCUT2D eigenvalue weighted by atomic mass is 9.99.